The third kappa shape index (κ3) is 4.35. The first-order chi connectivity index (χ1) is 9.65. The maximum Gasteiger partial charge on any atom is 0.307 e. The molecule has 0 aromatic heterocycles. The predicted octanol–water partition coefficient (Wildman–Crippen LogP) is 1.10. The van der Waals surface area contributed by atoms with Gasteiger partial charge in [-0.2, -0.15) is 0 Å². The van der Waals surface area contributed by atoms with Crippen LogP contribution in [0.15, 0.2) is 30.3 Å². The number of nitrogens with zero attached hydrogens (tertiary/aromatic N) is 1. The second kappa shape index (κ2) is 7.05. The van der Waals surface area contributed by atoms with Gasteiger partial charge in [0, 0.05) is 6.54 Å². The first kappa shape index (κ1) is 14.5. The molecule has 5 nitrogen and oxygen atoms in total. The third-order valence-corrected chi connectivity index (χ3v) is 3.56. The number of rotatable bonds is 5. The summed E-state index contributed by atoms with van der Waals surface area (Å²) in [5, 5.41) is 11.9. The molecule has 2 N–H and O–H groups in total. The molecule has 1 unspecified atom stereocenters. The fourth-order valence-electron chi connectivity index (χ4n) is 2.44. The number of nitrogens with one attached hydrogen (secondary N) is 1. The summed E-state index contributed by atoms with van der Waals surface area (Å²) >= 11 is 0. The number of carboxylic acids is 1. The minimum absolute atomic E-state index is 0.0337. The molecule has 0 bridgehead atoms. The first-order valence-electron chi connectivity index (χ1n) is 6.91. The number of carbonyl (C=O) groups is 2. The Labute approximate surface area is 118 Å². The zero-order chi connectivity index (χ0) is 14.4. The molecule has 1 saturated heterocycles. The Morgan fingerprint density at radius 2 is 2.05 bits per heavy atom. The number of carbonyl (C=O) groups excluding carboxylic acids is 1. The van der Waals surface area contributed by atoms with E-state index in [2.05, 4.69) is 5.32 Å². The lowest BCUT2D eigenvalue weighted by Gasteiger charge is -2.30. The van der Waals surface area contributed by atoms with Gasteiger partial charge in [-0.15, -0.1) is 0 Å². The summed E-state index contributed by atoms with van der Waals surface area (Å²) in [4.78, 5) is 24.8. The largest absolute Gasteiger partial charge is 0.481 e. The van der Waals surface area contributed by atoms with Crippen molar-refractivity contribution in [3.05, 3.63) is 35.9 Å². The van der Waals surface area contributed by atoms with Crippen LogP contribution in [0.3, 0.4) is 0 Å². The molecule has 0 saturated carbocycles. The average Bonchev–Trinajstić information content (AvgIpc) is 2.46. The van der Waals surface area contributed by atoms with E-state index in [1.165, 1.54) is 0 Å². The van der Waals surface area contributed by atoms with Crippen molar-refractivity contribution >= 4 is 11.9 Å². The molecule has 20 heavy (non-hydrogen) atoms. The summed E-state index contributed by atoms with van der Waals surface area (Å²) < 4.78 is 0. The van der Waals surface area contributed by atoms with E-state index in [0.717, 1.165) is 24.9 Å². The summed E-state index contributed by atoms with van der Waals surface area (Å²) in [6, 6.07) is 9.57. The van der Waals surface area contributed by atoms with E-state index in [9.17, 15) is 9.59 Å². The minimum atomic E-state index is -0.745. The number of benzene rings is 1. The van der Waals surface area contributed by atoms with Crippen LogP contribution in [-0.4, -0.2) is 41.6 Å². The summed E-state index contributed by atoms with van der Waals surface area (Å²) in [5.41, 5.74) is 0.979. The van der Waals surface area contributed by atoms with Gasteiger partial charge in [0.2, 0.25) is 5.91 Å². The first-order valence-corrected chi connectivity index (χ1v) is 6.91. The average molecular weight is 276 g/mol. The molecule has 0 aliphatic carbocycles. The molecule has 1 aliphatic rings. The highest BCUT2D eigenvalue weighted by molar-refractivity contribution is 5.78. The van der Waals surface area contributed by atoms with Crippen LogP contribution in [0.2, 0.25) is 0 Å². The van der Waals surface area contributed by atoms with E-state index in [4.69, 9.17) is 5.11 Å². The molecular weight excluding hydrogens is 256 g/mol. The Morgan fingerprint density at radius 3 is 2.75 bits per heavy atom. The summed E-state index contributed by atoms with van der Waals surface area (Å²) in [6.07, 6.45) is 1.95. The zero-order valence-electron chi connectivity index (χ0n) is 11.4. The van der Waals surface area contributed by atoms with Crippen LogP contribution in [0.1, 0.15) is 18.4 Å². The third-order valence-electron chi connectivity index (χ3n) is 3.56. The van der Waals surface area contributed by atoms with E-state index >= 15 is 0 Å². The van der Waals surface area contributed by atoms with Crippen LogP contribution < -0.4 is 5.32 Å². The maximum absolute atomic E-state index is 11.8. The minimum Gasteiger partial charge on any atom is -0.481 e. The predicted molar refractivity (Wildman–Crippen MR) is 75.1 cm³/mol. The van der Waals surface area contributed by atoms with Gasteiger partial charge in [-0.1, -0.05) is 30.3 Å². The number of piperidine rings is 1. The van der Waals surface area contributed by atoms with E-state index in [0.29, 0.717) is 19.6 Å². The van der Waals surface area contributed by atoms with Crippen molar-refractivity contribution in [2.45, 2.75) is 19.3 Å². The second-order valence-electron chi connectivity index (χ2n) is 5.17. The lowest BCUT2D eigenvalue weighted by Crippen LogP contribution is -2.45. The van der Waals surface area contributed by atoms with Gasteiger partial charge in [0.1, 0.15) is 0 Å². The lowest BCUT2D eigenvalue weighted by molar-refractivity contribution is -0.143. The molecule has 1 heterocycles. The molecule has 5 heteroatoms. The van der Waals surface area contributed by atoms with Crippen LogP contribution in [0.5, 0.6) is 0 Å². The number of aliphatic carboxylic acids is 1. The van der Waals surface area contributed by atoms with Crippen LogP contribution in [0, 0.1) is 5.92 Å². The second-order valence-corrected chi connectivity index (χ2v) is 5.17. The van der Waals surface area contributed by atoms with Crippen molar-refractivity contribution < 1.29 is 14.7 Å². The summed E-state index contributed by atoms with van der Waals surface area (Å²) in [5.74, 6) is -1.09. The van der Waals surface area contributed by atoms with E-state index in [1.54, 1.807) is 0 Å². The summed E-state index contributed by atoms with van der Waals surface area (Å²) in [7, 11) is 0. The van der Waals surface area contributed by atoms with Crippen molar-refractivity contribution in [2.24, 2.45) is 5.92 Å². The van der Waals surface area contributed by atoms with E-state index in [1.807, 2.05) is 35.2 Å². The molecule has 0 spiro atoms. The van der Waals surface area contributed by atoms with Gasteiger partial charge in [0.05, 0.1) is 19.0 Å². The molecule has 0 radical (unpaired) electrons. The smallest absolute Gasteiger partial charge is 0.307 e. The van der Waals surface area contributed by atoms with Crippen LogP contribution in [-0.2, 0) is 16.0 Å². The van der Waals surface area contributed by atoms with Gasteiger partial charge < -0.3 is 10.4 Å². The van der Waals surface area contributed by atoms with Crippen LogP contribution in [0.4, 0.5) is 0 Å². The Morgan fingerprint density at radius 1 is 1.30 bits per heavy atom. The van der Waals surface area contributed by atoms with Crippen LogP contribution >= 0.6 is 0 Å². The number of likely N-dealkylation sites (tertiary alicyclic amines) is 1. The Balaban J connectivity index is 1.74. The number of hydrogen-bond donors (Lipinski definition) is 2. The molecule has 1 atom stereocenters. The lowest BCUT2D eigenvalue weighted by atomic mass is 9.99. The number of carboxylic acid groups (broad SMARTS) is 1. The molecule has 1 aromatic rings. The van der Waals surface area contributed by atoms with Gasteiger partial charge >= 0.3 is 5.97 Å². The monoisotopic (exact) mass is 276 g/mol. The summed E-state index contributed by atoms with van der Waals surface area (Å²) in [6.45, 7) is 1.78. The van der Waals surface area contributed by atoms with Crippen molar-refractivity contribution in [1.82, 2.24) is 10.2 Å². The SMILES string of the molecule is O=C(Cc1ccccc1)NCN1CCCC(C(=O)O)C1. The quantitative estimate of drug-likeness (QED) is 0.845. The zero-order valence-corrected chi connectivity index (χ0v) is 11.4. The van der Waals surface area contributed by atoms with Crippen LogP contribution in [0.25, 0.3) is 0 Å². The number of amides is 1. The van der Waals surface area contributed by atoms with Gasteiger partial charge in [-0.3, -0.25) is 14.5 Å². The molecule has 1 amide bonds. The topological polar surface area (TPSA) is 69.6 Å². The molecule has 1 aliphatic heterocycles. The van der Waals surface area contributed by atoms with E-state index in [-0.39, 0.29) is 11.8 Å². The van der Waals surface area contributed by atoms with Crippen molar-refractivity contribution in [3.63, 3.8) is 0 Å². The van der Waals surface area contributed by atoms with Gasteiger partial charge in [0.25, 0.3) is 0 Å². The van der Waals surface area contributed by atoms with Gasteiger partial charge in [-0.05, 0) is 24.9 Å². The molecule has 1 aromatic carbocycles. The Hall–Kier alpha value is -1.88. The van der Waals surface area contributed by atoms with Crippen molar-refractivity contribution in [1.29, 1.82) is 0 Å². The fraction of sp³-hybridized carbons (Fsp3) is 0.467. The van der Waals surface area contributed by atoms with E-state index < -0.39 is 5.97 Å². The Kier molecular flexibility index (Phi) is 5.12. The standard InChI is InChI=1S/C15H20N2O3/c18-14(9-12-5-2-1-3-6-12)16-11-17-8-4-7-13(10-17)15(19)20/h1-3,5-6,13H,4,7-11H2,(H,16,18)(H,19,20). The fourth-order valence-corrected chi connectivity index (χ4v) is 2.44. The molecule has 1 fully saturated rings. The number of hydrogen-bond acceptors (Lipinski definition) is 3. The molecule has 2 rings (SSSR count). The van der Waals surface area contributed by atoms with Gasteiger partial charge in [0.15, 0.2) is 0 Å². The van der Waals surface area contributed by atoms with Gasteiger partial charge in [-0.25, -0.2) is 0 Å². The highest BCUT2D eigenvalue weighted by Gasteiger charge is 2.25. The van der Waals surface area contributed by atoms with Crippen molar-refractivity contribution in [3.8, 4) is 0 Å². The molecule has 108 valence electrons. The maximum atomic E-state index is 11.8. The molecular formula is C15H20N2O3. The highest BCUT2D eigenvalue weighted by atomic mass is 16.4. The normalized spacial score (nSPS) is 19.5. The Bertz CT molecular complexity index is 461. The van der Waals surface area contributed by atoms with Crippen molar-refractivity contribution in [2.75, 3.05) is 19.8 Å². The highest BCUT2D eigenvalue weighted by Crippen LogP contribution is 2.15.